The van der Waals surface area contributed by atoms with Crippen LogP contribution in [0.1, 0.15) is 20.3 Å². The fourth-order valence-corrected chi connectivity index (χ4v) is 2.22. The van der Waals surface area contributed by atoms with Gasteiger partial charge in [0.2, 0.25) is 5.91 Å². The number of morpholine rings is 1. The first-order valence-corrected chi connectivity index (χ1v) is 6.62. The van der Waals surface area contributed by atoms with Crippen molar-refractivity contribution >= 4 is 11.6 Å². The Labute approximate surface area is 117 Å². The fourth-order valence-electron chi connectivity index (χ4n) is 2.22. The molecule has 0 aliphatic carbocycles. The molecule has 7 heteroatoms. The third kappa shape index (κ3) is 3.57. The highest BCUT2D eigenvalue weighted by molar-refractivity contribution is 5.73. The first-order valence-electron chi connectivity index (χ1n) is 6.62. The summed E-state index contributed by atoms with van der Waals surface area (Å²) >= 11 is 0. The van der Waals surface area contributed by atoms with Gasteiger partial charge in [-0.1, -0.05) is 0 Å². The van der Waals surface area contributed by atoms with E-state index in [9.17, 15) is 9.59 Å². The van der Waals surface area contributed by atoms with Gasteiger partial charge in [0.1, 0.15) is 0 Å². The second-order valence-electron chi connectivity index (χ2n) is 5.52. The van der Waals surface area contributed by atoms with Crippen LogP contribution in [0.15, 0.2) is 17.1 Å². The fraction of sp³-hybridized carbons (Fsp3) is 0.615. The summed E-state index contributed by atoms with van der Waals surface area (Å²) in [5, 5.41) is 4.09. The van der Waals surface area contributed by atoms with Gasteiger partial charge in [-0.15, -0.1) is 0 Å². The summed E-state index contributed by atoms with van der Waals surface area (Å²) in [6, 6.07) is 1.54. The zero-order valence-corrected chi connectivity index (χ0v) is 11.8. The molecule has 20 heavy (non-hydrogen) atoms. The number of amides is 1. The first-order chi connectivity index (χ1) is 9.37. The summed E-state index contributed by atoms with van der Waals surface area (Å²) in [6.45, 7) is 6.30. The Balaban J connectivity index is 2.12. The van der Waals surface area contributed by atoms with Crippen molar-refractivity contribution in [2.45, 2.75) is 32.4 Å². The van der Waals surface area contributed by atoms with Gasteiger partial charge in [0.15, 0.2) is 0 Å². The Hall–Kier alpha value is -1.89. The lowest BCUT2D eigenvalue weighted by Gasteiger charge is -2.39. The van der Waals surface area contributed by atoms with Crippen LogP contribution in [0.4, 0.5) is 5.69 Å². The molecule has 110 valence electrons. The topological polar surface area (TPSA) is 90.5 Å². The number of carbonyl (C=O) groups excluding carboxylic acids is 1. The summed E-state index contributed by atoms with van der Waals surface area (Å²) in [5.41, 5.74) is 5.38. The van der Waals surface area contributed by atoms with Crippen molar-refractivity contribution in [2.75, 3.05) is 24.6 Å². The molecule has 0 radical (unpaired) electrons. The van der Waals surface area contributed by atoms with Gasteiger partial charge in [-0.2, -0.15) is 5.10 Å². The number of carbonyl (C=O) groups is 1. The Kier molecular flexibility index (Phi) is 4.08. The van der Waals surface area contributed by atoms with E-state index in [0.29, 0.717) is 13.2 Å². The molecule has 0 atom stereocenters. The quantitative estimate of drug-likeness (QED) is 0.820. The second kappa shape index (κ2) is 5.62. The second-order valence-corrected chi connectivity index (χ2v) is 5.52. The van der Waals surface area contributed by atoms with Gasteiger partial charge in [-0.05, 0) is 13.8 Å². The zero-order chi connectivity index (χ0) is 14.8. The van der Waals surface area contributed by atoms with Crippen molar-refractivity contribution in [3.63, 3.8) is 0 Å². The molecule has 0 spiro atoms. The molecule has 1 aromatic heterocycles. The van der Waals surface area contributed by atoms with Gasteiger partial charge < -0.3 is 15.4 Å². The maximum Gasteiger partial charge on any atom is 0.268 e. The number of primary amides is 1. The minimum atomic E-state index is -0.447. The standard InChI is InChI=1S/C13H20N4O3/c1-13(2)9-16(5-6-20-13)10-7-12(19)17(15-8-10)4-3-11(14)18/h7-8H,3-6,9H2,1-2H3,(H2,14,18). The molecule has 1 aromatic rings. The molecule has 2 heterocycles. The number of nitrogens with zero attached hydrogens (tertiary/aromatic N) is 3. The van der Waals surface area contributed by atoms with Crippen molar-refractivity contribution in [3.05, 3.63) is 22.6 Å². The average molecular weight is 280 g/mol. The number of aryl methyl sites for hydroxylation is 1. The predicted molar refractivity (Wildman–Crippen MR) is 74.6 cm³/mol. The molecule has 0 saturated carbocycles. The van der Waals surface area contributed by atoms with Crippen LogP contribution in [0, 0.1) is 0 Å². The van der Waals surface area contributed by atoms with Gasteiger partial charge in [0.25, 0.3) is 5.56 Å². The number of anilines is 1. The Morgan fingerprint density at radius 3 is 2.90 bits per heavy atom. The van der Waals surface area contributed by atoms with Crippen LogP contribution in [-0.2, 0) is 16.1 Å². The summed E-state index contributed by atoms with van der Waals surface area (Å²) in [7, 11) is 0. The average Bonchev–Trinajstić information content (AvgIpc) is 2.36. The molecule has 1 aliphatic rings. The summed E-state index contributed by atoms with van der Waals surface area (Å²) < 4.78 is 6.89. The van der Waals surface area contributed by atoms with Gasteiger partial charge in [-0.25, -0.2) is 4.68 Å². The van der Waals surface area contributed by atoms with E-state index in [1.165, 1.54) is 10.7 Å². The van der Waals surface area contributed by atoms with Gasteiger partial charge >= 0.3 is 0 Å². The van der Waals surface area contributed by atoms with E-state index in [2.05, 4.69) is 10.00 Å². The Bertz CT molecular complexity index is 553. The third-order valence-electron chi connectivity index (χ3n) is 3.22. The van der Waals surface area contributed by atoms with Crippen molar-refractivity contribution < 1.29 is 9.53 Å². The number of aromatic nitrogens is 2. The number of nitrogens with two attached hydrogens (primary N) is 1. The summed E-state index contributed by atoms with van der Waals surface area (Å²) in [6.07, 6.45) is 1.75. The minimum Gasteiger partial charge on any atom is -0.372 e. The smallest absolute Gasteiger partial charge is 0.268 e. The van der Waals surface area contributed by atoms with E-state index in [0.717, 1.165) is 12.2 Å². The Morgan fingerprint density at radius 1 is 1.55 bits per heavy atom. The minimum absolute atomic E-state index is 0.108. The molecule has 2 rings (SSSR count). The molecular formula is C13H20N4O3. The highest BCUT2D eigenvalue weighted by atomic mass is 16.5. The van der Waals surface area contributed by atoms with Crippen LogP contribution in [0.25, 0.3) is 0 Å². The maximum atomic E-state index is 11.9. The molecule has 1 amide bonds. The predicted octanol–water partition coefficient (Wildman–Crippen LogP) is -0.266. The van der Waals surface area contributed by atoms with Crippen molar-refractivity contribution in [2.24, 2.45) is 5.73 Å². The molecule has 0 unspecified atom stereocenters. The van der Waals surface area contributed by atoms with E-state index in [-0.39, 0.29) is 24.1 Å². The van der Waals surface area contributed by atoms with Gasteiger partial charge in [-0.3, -0.25) is 9.59 Å². The van der Waals surface area contributed by atoms with E-state index < -0.39 is 5.91 Å². The largest absolute Gasteiger partial charge is 0.372 e. The SMILES string of the molecule is CC1(C)CN(c2cnn(CCC(N)=O)c(=O)c2)CCO1. The molecule has 2 N–H and O–H groups in total. The van der Waals surface area contributed by atoms with Gasteiger partial charge in [0.05, 0.1) is 30.6 Å². The van der Waals surface area contributed by atoms with Crippen LogP contribution < -0.4 is 16.2 Å². The highest BCUT2D eigenvalue weighted by Gasteiger charge is 2.27. The number of rotatable bonds is 4. The number of hydrogen-bond acceptors (Lipinski definition) is 5. The van der Waals surface area contributed by atoms with Crippen LogP contribution in [-0.4, -0.2) is 41.0 Å². The number of ether oxygens (including phenoxy) is 1. The summed E-state index contributed by atoms with van der Waals surface area (Å²) in [5.74, 6) is -0.447. The number of hydrogen-bond donors (Lipinski definition) is 1. The first kappa shape index (κ1) is 14.5. The van der Waals surface area contributed by atoms with Crippen molar-refractivity contribution in [1.82, 2.24) is 9.78 Å². The van der Waals surface area contributed by atoms with Gasteiger partial charge in [0, 0.05) is 25.6 Å². The Morgan fingerprint density at radius 2 is 2.30 bits per heavy atom. The van der Waals surface area contributed by atoms with E-state index in [1.54, 1.807) is 6.20 Å². The molecule has 1 fully saturated rings. The normalized spacial score (nSPS) is 18.0. The molecular weight excluding hydrogens is 260 g/mol. The highest BCUT2D eigenvalue weighted by Crippen LogP contribution is 2.21. The third-order valence-corrected chi connectivity index (χ3v) is 3.22. The lowest BCUT2D eigenvalue weighted by atomic mass is 10.1. The van der Waals surface area contributed by atoms with Crippen molar-refractivity contribution in [3.8, 4) is 0 Å². The van der Waals surface area contributed by atoms with Crippen LogP contribution in [0.2, 0.25) is 0 Å². The zero-order valence-electron chi connectivity index (χ0n) is 11.8. The van der Waals surface area contributed by atoms with Crippen LogP contribution >= 0.6 is 0 Å². The van der Waals surface area contributed by atoms with Crippen molar-refractivity contribution in [1.29, 1.82) is 0 Å². The van der Waals surface area contributed by atoms with E-state index in [1.807, 2.05) is 13.8 Å². The molecule has 1 saturated heterocycles. The molecule has 0 aromatic carbocycles. The monoisotopic (exact) mass is 280 g/mol. The maximum absolute atomic E-state index is 11.9. The molecule has 7 nitrogen and oxygen atoms in total. The van der Waals surface area contributed by atoms with E-state index >= 15 is 0 Å². The van der Waals surface area contributed by atoms with E-state index in [4.69, 9.17) is 10.5 Å². The lowest BCUT2D eigenvalue weighted by Crippen LogP contribution is -2.48. The molecule has 0 bridgehead atoms. The van der Waals surface area contributed by atoms with Crippen LogP contribution in [0.5, 0.6) is 0 Å². The van der Waals surface area contributed by atoms with Crippen LogP contribution in [0.3, 0.4) is 0 Å². The lowest BCUT2D eigenvalue weighted by molar-refractivity contribution is -0.118. The summed E-state index contributed by atoms with van der Waals surface area (Å²) in [4.78, 5) is 24.8. The molecule has 1 aliphatic heterocycles.